The van der Waals surface area contributed by atoms with Crippen LogP contribution in [-0.2, 0) is 75.5 Å². The van der Waals surface area contributed by atoms with Crippen molar-refractivity contribution in [3.63, 3.8) is 0 Å². The third-order valence-electron chi connectivity index (χ3n) is 17.6. The average molecular weight is 1180 g/mol. The Morgan fingerprint density at radius 3 is 1.98 bits per heavy atom. The van der Waals surface area contributed by atoms with E-state index < -0.39 is 31.8 Å². The number of Topliss-reactive ketones (excluding diaryl/α,β-unsaturated/α-hetero) is 1. The second-order valence-electron chi connectivity index (χ2n) is 24.9. The van der Waals surface area contributed by atoms with Gasteiger partial charge in [0.2, 0.25) is 5.60 Å². The van der Waals surface area contributed by atoms with Crippen LogP contribution in [0.15, 0.2) is 53.3 Å². The summed E-state index contributed by atoms with van der Waals surface area (Å²) in [5, 5.41) is 0.827. The average Bonchev–Trinajstić information content (AvgIpc) is 1.49. The number of aromatic nitrogens is 2. The first kappa shape index (κ1) is 64.7. The molecule has 0 radical (unpaired) electrons. The number of aryl methyl sites for hydroxylation is 2. The fraction of sp³-hybridized carbons (Fsp3) is 0.636. The Kier molecular flexibility index (Phi) is 23.8. The van der Waals surface area contributed by atoms with Gasteiger partial charge >= 0.3 is 25.9 Å². The minimum absolute atomic E-state index is 0.0151. The van der Waals surface area contributed by atoms with Crippen molar-refractivity contribution in [2.45, 2.75) is 206 Å². The highest BCUT2D eigenvalue weighted by atomic mass is 31.2. The highest BCUT2D eigenvalue weighted by molar-refractivity contribution is 7.47. The summed E-state index contributed by atoms with van der Waals surface area (Å²) in [5.41, 5.74) is 3.75. The molecule has 1 N–H and O–H groups in total. The lowest BCUT2D eigenvalue weighted by atomic mass is 9.85. The number of carbonyl (C=O) groups is 4. The maximum absolute atomic E-state index is 14.4. The molecule has 1 amide bonds. The highest BCUT2D eigenvalue weighted by Gasteiger charge is 2.51. The number of ketones is 1. The van der Waals surface area contributed by atoms with Gasteiger partial charge in [-0.3, -0.25) is 23.4 Å². The topological polar surface area (TPSA) is 193 Å². The van der Waals surface area contributed by atoms with Crippen LogP contribution in [0.2, 0.25) is 0 Å². The number of esters is 2. The summed E-state index contributed by atoms with van der Waals surface area (Å²) in [5.74, 6) is -1.58. The van der Waals surface area contributed by atoms with Gasteiger partial charge in [0.05, 0.1) is 56.8 Å². The number of ether oxygens (including phenoxy) is 3. The van der Waals surface area contributed by atoms with E-state index in [1.807, 2.05) is 52.3 Å². The number of nitrogens with zero attached hydrogens (tertiary/aromatic N) is 5. The van der Waals surface area contributed by atoms with E-state index in [-0.39, 0.29) is 67.8 Å². The first-order valence-electron chi connectivity index (χ1n) is 31.8. The van der Waals surface area contributed by atoms with Gasteiger partial charge in [0.15, 0.2) is 0 Å². The molecule has 18 heteroatoms. The molecule has 4 aliphatic heterocycles. The number of amides is 1. The minimum atomic E-state index is -3.96. The van der Waals surface area contributed by atoms with Gasteiger partial charge in [-0.2, -0.15) is 0 Å². The molecular weight excluding hydrogens is 1090 g/mol. The van der Waals surface area contributed by atoms with Crippen molar-refractivity contribution >= 4 is 42.5 Å². The van der Waals surface area contributed by atoms with Crippen molar-refractivity contribution in [1.29, 1.82) is 0 Å². The molecule has 1 unspecified atom stereocenters. The Balaban J connectivity index is 0.728. The van der Waals surface area contributed by atoms with Crippen LogP contribution in [0.25, 0.3) is 22.3 Å². The molecule has 0 saturated carbocycles. The zero-order valence-corrected chi connectivity index (χ0v) is 52.0. The fourth-order valence-corrected chi connectivity index (χ4v) is 13.4. The van der Waals surface area contributed by atoms with Crippen molar-refractivity contribution in [3.8, 4) is 17.1 Å². The molecule has 0 spiro atoms. The van der Waals surface area contributed by atoms with E-state index in [1.165, 1.54) is 102 Å². The number of piperidine rings is 2. The number of cyclic esters (lactones) is 1. The largest absolute Gasteiger partial charge is 0.472 e. The number of hydrogen-bond acceptors (Lipinski definition) is 13. The fourth-order valence-electron chi connectivity index (χ4n) is 12.7. The van der Waals surface area contributed by atoms with E-state index in [0.717, 1.165) is 80.1 Å². The summed E-state index contributed by atoms with van der Waals surface area (Å²) in [4.78, 5) is 87.9. The zero-order valence-electron chi connectivity index (χ0n) is 51.1. The molecule has 2 aromatic carbocycles. The van der Waals surface area contributed by atoms with Gasteiger partial charge < -0.3 is 38.0 Å². The summed E-state index contributed by atoms with van der Waals surface area (Å²) in [6, 6.07) is 15.7. The lowest BCUT2D eigenvalue weighted by molar-refractivity contribution is -0.870. The number of phosphoric acid groups is 1. The molecule has 2 atom stereocenters. The third kappa shape index (κ3) is 17.7. The van der Waals surface area contributed by atoms with Gasteiger partial charge in [-0.05, 0) is 112 Å². The highest BCUT2D eigenvalue weighted by Crippen LogP contribution is 2.44. The summed E-state index contributed by atoms with van der Waals surface area (Å²) in [7, 11) is 2.06. The molecule has 460 valence electrons. The van der Waals surface area contributed by atoms with E-state index in [2.05, 4.69) is 17.0 Å². The Morgan fingerprint density at radius 1 is 0.750 bits per heavy atom. The standard InChI is InChI=1S/C66H94N5O12P/c1-6-54-55-45-53(82-65(76)69-38-34-51(35-39-69)68-36-24-22-25-37-68)32-33-59(55)67-62-56(54)47-70-60(62)46-58-57(63(70)74)48-79-64(75)66(58,7-2)83-61(73)44-52(72)43-50-30-28-49(29-31-50)27-23-20-18-16-14-12-10-8-9-11-13-15-17-19-21-26-41-80-84(77,78)81-42-40-71(3,4)5/h28-33,45-46,51H,6-27,34-44,47-48H2,1-5H3/p+1/t66-/m0/s1. The molecule has 2 aromatic heterocycles. The Bertz CT molecular complexity index is 2980. The third-order valence-corrected chi connectivity index (χ3v) is 18.6. The number of rotatable bonds is 33. The molecule has 0 aliphatic carbocycles. The SMILES string of the molecule is CCc1c2c(nc3ccc(OC(=O)N4CCC(N5CCCCC5)CC4)cc13)-c1cc3c(c(=O)n1C2)COC(=O)[C@@]3(CC)OC(=O)CC(=O)Cc1ccc(CCCCCCCCCCCCCCCCCCOP(=O)(O)OCC[N+](C)(C)C)cc1. The number of likely N-dealkylation sites (tertiary alicyclic amines) is 2. The molecule has 0 bridgehead atoms. The van der Waals surface area contributed by atoms with E-state index in [9.17, 15) is 33.4 Å². The smallest absolute Gasteiger partial charge is 0.457 e. The molecule has 8 rings (SSSR count). The van der Waals surface area contributed by atoms with Crippen LogP contribution in [0.3, 0.4) is 0 Å². The van der Waals surface area contributed by atoms with Crippen LogP contribution in [-0.4, -0.2) is 126 Å². The monoisotopic (exact) mass is 1180 g/mol. The van der Waals surface area contributed by atoms with E-state index in [1.54, 1.807) is 28.5 Å². The van der Waals surface area contributed by atoms with Gasteiger partial charge in [0.25, 0.3) is 5.56 Å². The molecule has 2 fully saturated rings. The second kappa shape index (κ2) is 30.9. The predicted octanol–water partition coefficient (Wildman–Crippen LogP) is 12.5. The molecule has 84 heavy (non-hydrogen) atoms. The van der Waals surface area contributed by atoms with Crippen molar-refractivity contribution in [2.24, 2.45) is 0 Å². The van der Waals surface area contributed by atoms with Crippen molar-refractivity contribution in [2.75, 3.05) is 67.1 Å². The molecule has 4 aromatic rings. The second-order valence-corrected chi connectivity index (χ2v) is 26.4. The number of hydrogen-bond donors (Lipinski definition) is 1. The molecule has 2 saturated heterocycles. The van der Waals surface area contributed by atoms with Gasteiger partial charge in [0.1, 0.15) is 37.7 Å². The number of likely N-dealkylation sites (N-methyl/N-ethyl adjacent to an activating group) is 1. The summed E-state index contributed by atoms with van der Waals surface area (Å²) >= 11 is 0. The first-order valence-corrected chi connectivity index (χ1v) is 33.3. The van der Waals surface area contributed by atoms with Crippen LogP contribution in [0.1, 0.15) is 195 Å². The number of unbranched alkanes of at least 4 members (excludes halogenated alkanes) is 15. The summed E-state index contributed by atoms with van der Waals surface area (Å²) in [6.07, 6.45) is 25.5. The predicted molar refractivity (Wildman–Crippen MR) is 326 cm³/mol. The minimum Gasteiger partial charge on any atom is -0.457 e. The van der Waals surface area contributed by atoms with E-state index >= 15 is 0 Å². The lowest BCUT2D eigenvalue weighted by Crippen LogP contribution is -2.48. The van der Waals surface area contributed by atoms with Crippen molar-refractivity contribution in [1.82, 2.24) is 19.4 Å². The number of phosphoric ester groups is 1. The van der Waals surface area contributed by atoms with Gasteiger partial charge in [-0.25, -0.2) is 19.1 Å². The van der Waals surface area contributed by atoms with Gasteiger partial charge in [0, 0.05) is 42.1 Å². The number of quaternary nitrogens is 1. The Morgan fingerprint density at radius 2 is 1.36 bits per heavy atom. The quantitative estimate of drug-likeness (QED) is 0.0137. The maximum Gasteiger partial charge on any atom is 0.472 e. The number of carbonyl (C=O) groups excluding carboxylic acids is 4. The van der Waals surface area contributed by atoms with Crippen LogP contribution >= 0.6 is 7.82 Å². The first-order chi connectivity index (χ1) is 40.5. The maximum atomic E-state index is 14.4. The molecule has 17 nitrogen and oxygen atoms in total. The zero-order chi connectivity index (χ0) is 59.7. The van der Waals surface area contributed by atoms with E-state index in [4.69, 9.17) is 28.2 Å². The molecule has 4 aliphatic rings. The normalized spacial score (nSPS) is 18.0. The number of fused-ring (bicyclic) bond motifs is 5. The Labute approximate surface area is 498 Å². The van der Waals surface area contributed by atoms with Crippen LogP contribution in [0.4, 0.5) is 4.79 Å². The summed E-state index contributed by atoms with van der Waals surface area (Å²) < 4.78 is 42.0. The number of pyridine rings is 2. The lowest BCUT2D eigenvalue weighted by Gasteiger charge is -2.39. The van der Waals surface area contributed by atoms with Crippen LogP contribution in [0.5, 0.6) is 5.75 Å². The number of benzene rings is 2. The van der Waals surface area contributed by atoms with Crippen molar-refractivity contribution in [3.05, 3.63) is 92.3 Å². The molecular formula is C66H95N5O12P+. The van der Waals surface area contributed by atoms with Gasteiger partial charge in [-0.1, -0.05) is 134 Å². The van der Waals surface area contributed by atoms with Crippen LogP contribution in [0, 0.1) is 0 Å². The summed E-state index contributed by atoms with van der Waals surface area (Å²) in [6.45, 7) is 8.39. The Hall–Kier alpha value is -5.29. The van der Waals surface area contributed by atoms with Crippen molar-refractivity contribution < 1.29 is 56.4 Å². The van der Waals surface area contributed by atoms with Crippen LogP contribution < -0.4 is 10.3 Å². The van der Waals surface area contributed by atoms with E-state index in [0.29, 0.717) is 59.2 Å². The molecule has 6 heterocycles. The van der Waals surface area contributed by atoms with Gasteiger partial charge in [-0.15, -0.1) is 0 Å².